The molecule has 7 nitrogen and oxygen atoms in total. The molecule has 2 heterocycles. The first kappa shape index (κ1) is 20.9. The highest BCUT2D eigenvalue weighted by Crippen LogP contribution is 2.49. The van der Waals surface area contributed by atoms with Crippen LogP contribution >= 0.6 is 11.6 Å². The Labute approximate surface area is 185 Å². The highest BCUT2D eigenvalue weighted by molar-refractivity contribution is 6.31. The topological polar surface area (TPSA) is 111 Å². The molecular formula is C23H22ClN5O2. The van der Waals surface area contributed by atoms with E-state index >= 15 is 0 Å². The number of rotatable bonds is 8. The van der Waals surface area contributed by atoms with Crippen molar-refractivity contribution in [1.29, 1.82) is 0 Å². The molecule has 4 rings (SSSR count). The van der Waals surface area contributed by atoms with Crippen molar-refractivity contribution in [2.75, 3.05) is 5.32 Å². The van der Waals surface area contributed by atoms with E-state index in [0.29, 0.717) is 40.9 Å². The van der Waals surface area contributed by atoms with Crippen LogP contribution in [0.15, 0.2) is 48.8 Å². The Hall–Kier alpha value is -3.32. The van der Waals surface area contributed by atoms with Crippen LogP contribution in [0.1, 0.15) is 47.1 Å². The van der Waals surface area contributed by atoms with Gasteiger partial charge in [-0.15, -0.1) is 0 Å². The standard InChI is InChI=1S/C23H22ClN5O2/c1-14(30)19-9-7-16(12-26-19)28-22-27-13-18(24)20(29-22)8-6-15-4-2-3-5-17(15)23(10-11-23)21(25)31/h2-5,7,9,12-13H,6,8,10-11H2,1H3,(H2,25,31)(H,27,28,29). The van der Waals surface area contributed by atoms with Crippen LogP contribution in [0.2, 0.25) is 5.02 Å². The monoisotopic (exact) mass is 435 g/mol. The molecule has 0 unspecified atom stereocenters. The quantitative estimate of drug-likeness (QED) is 0.521. The number of ketones is 1. The number of Topliss-reactive ketones (excluding diaryl/α,β-unsaturated/α-hetero) is 1. The minimum atomic E-state index is -0.530. The average Bonchev–Trinajstić information content (AvgIpc) is 3.57. The zero-order valence-electron chi connectivity index (χ0n) is 17.1. The Morgan fingerprint density at radius 1 is 1.10 bits per heavy atom. The van der Waals surface area contributed by atoms with Crippen LogP contribution < -0.4 is 11.1 Å². The molecule has 8 heteroatoms. The summed E-state index contributed by atoms with van der Waals surface area (Å²) in [6, 6.07) is 11.3. The summed E-state index contributed by atoms with van der Waals surface area (Å²) in [5.41, 5.74) is 8.98. The fourth-order valence-corrected chi connectivity index (χ4v) is 3.86. The summed E-state index contributed by atoms with van der Waals surface area (Å²) < 4.78 is 0. The van der Waals surface area contributed by atoms with Crippen molar-refractivity contribution in [2.45, 2.75) is 38.0 Å². The van der Waals surface area contributed by atoms with Crippen LogP contribution in [0.4, 0.5) is 11.6 Å². The number of primary amides is 1. The second kappa shape index (κ2) is 8.43. The molecule has 31 heavy (non-hydrogen) atoms. The van der Waals surface area contributed by atoms with Crippen molar-refractivity contribution in [3.05, 3.63) is 76.3 Å². The molecule has 0 spiro atoms. The number of carbonyl (C=O) groups is 2. The molecule has 1 saturated carbocycles. The lowest BCUT2D eigenvalue weighted by Crippen LogP contribution is -2.29. The number of nitrogens with two attached hydrogens (primary N) is 1. The van der Waals surface area contributed by atoms with Crippen LogP contribution in [0.25, 0.3) is 0 Å². The molecule has 0 bridgehead atoms. The van der Waals surface area contributed by atoms with Crippen molar-refractivity contribution in [3.8, 4) is 0 Å². The van der Waals surface area contributed by atoms with E-state index in [1.54, 1.807) is 24.5 Å². The van der Waals surface area contributed by atoms with E-state index in [9.17, 15) is 9.59 Å². The van der Waals surface area contributed by atoms with Crippen molar-refractivity contribution < 1.29 is 9.59 Å². The highest BCUT2D eigenvalue weighted by atomic mass is 35.5. The van der Waals surface area contributed by atoms with Gasteiger partial charge in [-0.2, -0.15) is 0 Å². The number of nitrogens with zero attached hydrogens (tertiary/aromatic N) is 3. The number of amides is 1. The molecule has 1 fully saturated rings. The van der Waals surface area contributed by atoms with Gasteiger partial charge in [0.05, 0.1) is 34.2 Å². The number of halogens is 1. The number of nitrogens with one attached hydrogen (secondary N) is 1. The summed E-state index contributed by atoms with van der Waals surface area (Å²) >= 11 is 6.34. The fourth-order valence-electron chi connectivity index (χ4n) is 3.67. The zero-order valence-corrected chi connectivity index (χ0v) is 17.8. The maximum Gasteiger partial charge on any atom is 0.228 e. The fraction of sp³-hybridized carbons (Fsp3) is 0.261. The van der Waals surface area contributed by atoms with Crippen LogP contribution in [0.5, 0.6) is 0 Å². The summed E-state index contributed by atoms with van der Waals surface area (Å²) in [5.74, 6) is 0.0259. The minimum absolute atomic E-state index is 0.0961. The molecule has 0 saturated heterocycles. The molecule has 0 radical (unpaired) electrons. The lowest BCUT2D eigenvalue weighted by molar-refractivity contribution is -0.120. The van der Waals surface area contributed by atoms with E-state index in [2.05, 4.69) is 20.3 Å². The van der Waals surface area contributed by atoms with Gasteiger partial charge in [0.1, 0.15) is 5.69 Å². The van der Waals surface area contributed by atoms with Gasteiger partial charge >= 0.3 is 0 Å². The molecular weight excluding hydrogens is 414 g/mol. The summed E-state index contributed by atoms with van der Waals surface area (Å²) in [4.78, 5) is 36.2. The molecule has 0 atom stereocenters. The third-order valence-electron chi connectivity index (χ3n) is 5.58. The number of hydrogen-bond donors (Lipinski definition) is 2. The lowest BCUT2D eigenvalue weighted by Gasteiger charge is -2.16. The van der Waals surface area contributed by atoms with Crippen molar-refractivity contribution in [1.82, 2.24) is 15.0 Å². The van der Waals surface area contributed by atoms with Crippen molar-refractivity contribution in [3.63, 3.8) is 0 Å². The highest BCUT2D eigenvalue weighted by Gasteiger charge is 2.50. The van der Waals surface area contributed by atoms with Gasteiger partial charge in [-0.25, -0.2) is 9.97 Å². The molecule has 1 amide bonds. The smallest absolute Gasteiger partial charge is 0.228 e. The van der Waals surface area contributed by atoms with E-state index in [1.807, 2.05) is 24.3 Å². The van der Waals surface area contributed by atoms with Gasteiger partial charge in [-0.3, -0.25) is 14.6 Å². The van der Waals surface area contributed by atoms with Crippen molar-refractivity contribution >= 4 is 34.9 Å². The number of hydrogen-bond acceptors (Lipinski definition) is 6. The Morgan fingerprint density at radius 3 is 2.52 bits per heavy atom. The van der Waals surface area contributed by atoms with Gasteiger partial charge in [0.15, 0.2) is 5.78 Å². The zero-order chi connectivity index (χ0) is 22.0. The van der Waals surface area contributed by atoms with Gasteiger partial charge in [0.2, 0.25) is 11.9 Å². The van der Waals surface area contributed by atoms with Crippen LogP contribution in [-0.2, 0) is 23.1 Å². The number of anilines is 2. The van der Waals surface area contributed by atoms with E-state index in [-0.39, 0.29) is 11.7 Å². The SMILES string of the molecule is CC(=O)c1ccc(Nc2ncc(Cl)c(CCc3ccccc3C3(C(N)=O)CC3)n2)cn1. The molecule has 3 N–H and O–H groups in total. The van der Waals surface area contributed by atoms with Gasteiger partial charge in [0, 0.05) is 6.92 Å². The van der Waals surface area contributed by atoms with E-state index in [1.165, 1.54) is 6.92 Å². The van der Waals surface area contributed by atoms with Crippen molar-refractivity contribution in [2.24, 2.45) is 5.73 Å². The number of carbonyl (C=O) groups excluding carboxylic acids is 2. The molecule has 158 valence electrons. The second-order valence-corrected chi connectivity index (χ2v) is 8.11. The molecule has 3 aromatic rings. The maximum absolute atomic E-state index is 12.0. The first-order valence-electron chi connectivity index (χ1n) is 10.0. The summed E-state index contributed by atoms with van der Waals surface area (Å²) in [6.07, 6.45) is 5.96. The average molecular weight is 436 g/mol. The van der Waals surface area contributed by atoms with Gasteiger partial charge in [0.25, 0.3) is 0 Å². The third kappa shape index (κ3) is 4.41. The van der Waals surface area contributed by atoms with E-state index in [0.717, 1.165) is 24.0 Å². The van der Waals surface area contributed by atoms with E-state index < -0.39 is 5.41 Å². The molecule has 0 aliphatic heterocycles. The normalized spacial score (nSPS) is 14.1. The lowest BCUT2D eigenvalue weighted by atomic mass is 9.88. The Balaban J connectivity index is 1.50. The number of pyridine rings is 1. The van der Waals surface area contributed by atoms with Crippen LogP contribution in [0, 0.1) is 0 Å². The molecule has 1 aliphatic carbocycles. The molecule has 1 aromatic carbocycles. The number of aromatic nitrogens is 3. The van der Waals surface area contributed by atoms with Crippen LogP contribution in [0.3, 0.4) is 0 Å². The van der Waals surface area contributed by atoms with Gasteiger partial charge < -0.3 is 11.1 Å². The van der Waals surface area contributed by atoms with Crippen LogP contribution in [-0.4, -0.2) is 26.6 Å². The van der Waals surface area contributed by atoms with E-state index in [4.69, 9.17) is 17.3 Å². The summed E-state index contributed by atoms with van der Waals surface area (Å²) in [6.45, 7) is 1.47. The second-order valence-electron chi connectivity index (χ2n) is 7.71. The maximum atomic E-state index is 12.0. The number of benzene rings is 1. The number of aryl methyl sites for hydroxylation is 2. The Morgan fingerprint density at radius 2 is 1.87 bits per heavy atom. The first-order valence-corrected chi connectivity index (χ1v) is 10.4. The molecule has 1 aliphatic rings. The predicted molar refractivity (Wildman–Crippen MR) is 119 cm³/mol. The largest absolute Gasteiger partial charge is 0.369 e. The predicted octanol–water partition coefficient (Wildman–Crippen LogP) is 3.77. The summed E-state index contributed by atoms with van der Waals surface area (Å²) in [7, 11) is 0. The summed E-state index contributed by atoms with van der Waals surface area (Å²) in [5, 5.41) is 3.56. The molecule has 2 aromatic heterocycles. The Kier molecular flexibility index (Phi) is 5.69. The minimum Gasteiger partial charge on any atom is -0.369 e. The Bertz CT molecular complexity index is 1140. The third-order valence-corrected chi connectivity index (χ3v) is 5.90. The van der Waals surface area contributed by atoms with Gasteiger partial charge in [-0.05, 0) is 48.9 Å². The van der Waals surface area contributed by atoms with Gasteiger partial charge in [-0.1, -0.05) is 35.9 Å². The first-order chi connectivity index (χ1) is 14.9.